The van der Waals surface area contributed by atoms with Gasteiger partial charge in [-0.2, -0.15) is 0 Å². The van der Waals surface area contributed by atoms with Gasteiger partial charge in [0.05, 0.1) is 10.6 Å². The zero-order valence-electron chi connectivity index (χ0n) is 18.3. The number of hydrogen-bond donors (Lipinski definition) is 2. The first kappa shape index (κ1) is 23.6. The van der Waals surface area contributed by atoms with Crippen LogP contribution in [0.3, 0.4) is 0 Å². The Morgan fingerprint density at radius 2 is 1.53 bits per heavy atom. The molecule has 0 atom stereocenters. The monoisotopic (exact) mass is 472 g/mol. The summed E-state index contributed by atoms with van der Waals surface area (Å²) in [7, 11) is -3.79. The number of aryl methyl sites for hydroxylation is 4. The van der Waals surface area contributed by atoms with Gasteiger partial charge in [0.15, 0.2) is 6.61 Å². The quantitative estimate of drug-likeness (QED) is 0.482. The van der Waals surface area contributed by atoms with Crippen molar-refractivity contribution in [1.29, 1.82) is 0 Å². The predicted molar refractivity (Wildman–Crippen MR) is 128 cm³/mol. The van der Waals surface area contributed by atoms with E-state index in [4.69, 9.17) is 16.3 Å². The van der Waals surface area contributed by atoms with Crippen molar-refractivity contribution in [2.24, 2.45) is 0 Å². The van der Waals surface area contributed by atoms with Crippen molar-refractivity contribution in [3.63, 3.8) is 0 Å². The van der Waals surface area contributed by atoms with Crippen LogP contribution in [0.2, 0.25) is 5.02 Å². The van der Waals surface area contributed by atoms with Crippen molar-refractivity contribution in [2.75, 3.05) is 16.6 Å². The largest absolute Gasteiger partial charge is 0.484 e. The minimum atomic E-state index is -3.79. The molecule has 0 aromatic heterocycles. The summed E-state index contributed by atoms with van der Waals surface area (Å²) in [5, 5.41) is 3.34. The summed E-state index contributed by atoms with van der Waals surface area (Å²) in [5.41, 5.74) is 5.09. The molecule has 0 aliphatic heterocycles. The summed E-state index contributed by atoms with van der Waals surface area (Å²) < 4.78 is 33.2. The molecule has 3 aromatic rings. The fraction of sp³-hybridized carbons (Fsp3) is 0.208. The van der Waals surface area contributed by atoms with Gasteiger partial charge in [-0.15, -0.1) is 0 Å². The molecule has 0 heterocycles. The van der Waals surface area contributed by atoms with Gasteiger partial charge in [0.2, 0.25) is 0 Å². The Morgan fingerprint density at radius 3 is 2.12 bits per heavy atom. The van der Waals surface area contributed by atoms with E-state index < -0.39 is 10.0 Å². The molecule has 0 unspecified atom stereocenters. The van der Waals surface area contributed by atoms with Gasteiger partial charge in [-0.05, 0) is 80.8 Å². The number of rotatable bonds is 7. The molecule has 0 fully saturated rings. The molecule has 0 saturated carbocycles. The molecule has 6 nitrogen and oxygen atoms in total. The van der Waals surface area contributed by atoms with Crippen molar-refractivity contribution in [2.45, 2.75) is 32.6 Å². The molecule has 0 aliphatic carbocycles. The molecule has 3 aromatic carbocycles. The van der Waals surface area contributed by atoms with E-state index in [1.807, 2.05) is 39.8 Å². The minimum absolute atomic E-state index is 0.0666. The molecule has 0 bridgehead atoms. The number of amides is 1. The van der Waals surface area contributed by atoms with Crippen LogP contribution in [0.5, 0.6) is 5.75 Å². The fourth-order valence-corrected chi connectivity index (χ4v) is 4.52. The van der Waals surface area contributed by atoms with Crippen LogP contribution in [-0.4, -0.2) is 20.9 Å². The fourth-order valence-electron chi connectivity index (χ4n) is 3.29. The molecule has 0 spiro atoms. The Hall–Kier alpha value is -3.03. The number of benzene rings is 3. The average Bonchev–Trinajstić information content (AvgIpc) is 2.72. The highest BCUT2D eigenvalue weighted by Gasteiger charge is 2.15. The molecule has 3 rings (SSSR count). The molecular formula is C24H25ClN2O4S. The van der Waals surface area contributed by atoms with Crippen molar-refractivity contribution < 1.29 is 17.9 Å². The Balaban J connectivity index is 1.62. The summed E-state index contributed by atoms with van der Waals surface area (Å²) in [4.78, 5) is 12.4. The van der Waals surface area contributed by atoms with Crippen LogP contribution in [0.4, 0.5) is 11.4 Å². The van der Waals surface area contributed by atoms with E-state index in [1.54, 1.807) is 18.2 Å². The van der Waals surface area contributed by atoms with Gasteiger partial charge in [-0.25, -0.2) is 8.42 Å². The van der Waals surface area contributed by atoms with Crippen LogP contribution in [0, 0.1) is 27.7 Å². The molecule has 0 radical (unpaired) electrons. The molecule has 168 valence electrons. The zero-order chi connectivity index (χ0) is 23.5. The summed E-state index contributed by atoms with van der Waals surface area (Å²) in [5.74, 6) is 0.0875. The normalized spacial score (nSPS) is 11.2. The van der Waals surface area contributed by atoms with E-state index >= 15 is 0 Å². The minimum Gasteiger partial charge on any atom is -0.484 e. The summed E-state index contributed by atoms with van der Waals surface area (Å²) in [6.45, 7) is 7.52. The van der Waals surface area contributed by atoms with Crippen LogP contribution >= 0.6 is 11.6 Å². The van der Waals surface area contributed by atoms with Crippen molar-refractivity contribution in [1.82, 2.24) is 0 Å². The number of carbonyl (C=O) groups is 1. The number of nitrogens with one attached hydrogen (secondary N) is 2. The lowest BCUT2D eigenvalue weighted by Crippen LogP contribution is -2.21. The van der Waals surface area contributed by atoms with Gasteiger partial charge < -0.3 is 10.1 Å². The van der Waals surface area contributed by atoms with E-state index in [2.05, 4.69) is 10.0 Å². The number of sulfonamides is 1. The predicted octanol–water partition coefficient (Wildman–Crippen LogP) is 5.39. The smallest absolute Gasteiger partial charge is 0.262 e. The first-order chi connectivity index (χ1) is 15.0. The second kappa shape index (κ2) is 9.63. The van der Waals surface area contributed by atoms with Crippen molar-refractivity contribution >= 4 is 38.9 Å². The third kappa shape index (κ3) is 5.81. The summed E-state index contributed by atoms with van der Waals surface area (Å²) in [6.07, 6.45) is 0. The Kier molecular flexibility index (Phi) is 7.11. The van der Waals surface area contributed by atoms with E-state index in [9.17, 15) is 13.2 Å². The highest BCUT2D eigenvalue weighted by Crippen LogP contribution is 2.24. The number of carbonyl (C=O) groups excluding carboxylic acids is 1. The second-order valence-electron chi connectivity index (χ2n) is 7.65. The van der Waals surface area contributed by atoms with E-state index in [-0.39, 0.29) is 17.4 Å². The second-order valence-corrected chi connectivity index (χ2v) is 9.74. The van der Waals surface area contributed by atoms with Crippen LogP contribution in [0.25, 0.3) is 0 Å². The van der Waals surface area contributed by atoms with Gasteiger partial charge >= 0.3 is 0 Å². The van der Waals surface area contributed by atoms with Crippen LogP contribution < -0.4 is 14.8 Å². The van der Waals surface area contributed by atoms with E-state index in [0.717, 1.165) is 27.9 Å². The maximum Gasteiger partial charge on any atom is 0.262 e. The standard InChI is InChI=1S/C24H25ClN2O4S/c1-15-11-17(3)24(18(4)12-15)26-23(28)14-31-20-7-9-21(10-8-20)32(29,30)27-19-6-5-16(2)22(25)13-19/h5-13,27H,14H2,1-4H3,(H,26,28). The lowest BCUT2D eigenvalue weighted by molar-refractivity contribution is -0.118. The number of anilines is 2. The Morgan fingerprint density at radius 1 is 0.906 bits per heavy atom. The molecule has 1 amide bonds. The third-order valence-corrected chi connectivity index (χ3v) is 6.67. The van der Waals surface area contributed by atoms with E-state index in [1.165, 1.54) is 24.3 Å². The zero-order valence-corrected chi connectivity index (χ0v) is 19.9. The highest BCUT2D eigenvalue weighted by molar-refractivity contribution is 7.92. The lowest BCUT2D eigenvalue weighted by atomic mass is 10.1. The van der Waals surface area contributed by atoms with Gasteiger partial charge in [-0.3, -0.25) is 9.52 Å². The summed E-state index contributed by atoms with van der Waals surface area (Å²) in [6, 6.07) is 14.8. The van der Waals surface area contributed by atoms with Crippen LogP contribution in [-0.2, 0) is 14.8 Å². The van der Waals surface area contributed by atoms with Crippen LogP contribution in [0.15, 0.2) is 59.5 Å². The molecule has 8 heteroatoms. The number of halogens is 1. The highest BCUT2D eigenvalue weighted by atomic mass is 35.5. The maximum atomic E-state index is 12.6. The van der Waals surface area contributed by atoms with Gasteiger partial charge in [0.1, 0.15) is 5.75 Å². The third-order valence-electron chi connectivity index (χ3n) is 4.87. The summed E-state index contributed by atoms with van der Waals surface area (Å²) >= 11 is 6.06. The van der Waals surface area contributed by atoms with E-state index in [0.29, 0.717) is 16.5 Å². The number of hydrogen-bond acceptors (Lipinski definition) is 4. The van der Waals surface area contributed by atoms with Gasteiger partial charge in [-0.1, -0.05) is 35.4 Å². The van der Waals surface area contributed by atoms with Gasteiger partial charge in [0.25, 0.3) is 15.9 Å². The van der Waals surface area contributed by atoms with Gasteiger partial charge in [0, 0.05) is 10.7 Å². The SMILES string of the molecule is Cc1cc(C)c(NC(=O)COc2ccc(S(=O)(=O)Nc3ccc(C)c(Cl)c3)cc2)c(C)c1. The topological polar surface area (TPSA) is 84.5 Å². The first-order valence-electron chi connectivity index (χ1n) is 9.95. The van der Waals surface area contributed by atoms with Crippen molar-refractivity contribution in [3.05, 3.63) is 81.9 Å². The molecular weight excluding hydrogens is 448 g/mol. The number of ether oxygens (including phenoxy) is 1. The Labute approximate surface area is 193 Å². The molecule has 0 aliphatic rings. The molecule has 0 saturated heterocycles. The van der Waals surface area contributed by atoms with Crippen LogP contribution in [0.1, 0.15) is 22.3 Å². The molecule has 2 N–H and O–H groups in total. The molecule has 32 heavy (non-hydrogen) atoms. The Bertz CT molecular complexity index is 1230. The first-order valence-corrected chi connectivity index (χ1v) is 11.8. The van der Waals surface area contributed by atoms with Crippen molar-refractivity contribution in [3.8, 4) is 5.75 Å². The average molecular weight is 473 g/mol. The lowest BCUT2D eigenvalue weighted by Gasteiger charge is -2.13. The maximum absolute atomic E-state index is 12.6.